The van der Waals surface area contributed by atoms with E-state index in [1.54, 1.807) is 0 Å². The Morgan fingerprint density at radius 1 is 1.32 bits per heavy atom. The van der Waals surface area contributed by atoms with Crippen LogP contribution >= 0.6 is 35.6 Å². The van der Waals surface area contributed by atoms with Crippen molar-refractivity contribution < 1.29 is 14.7 Å². The van der Waals surface area contributed by atoms with E-state index >= 15 is 0 Å². The number of nitrogens with two attached hydrogens (primary N) is 2. The number of rotatable bonds is 7. The van der Waals surface area contributed by atoms with Crippen LogP contribution < -0.4 is 16.8 Å². The average molecular weight is 338 g/mol. The van der Waals surface area contributed by atoms with Crippen molar-refractivity contribution in [2.45, 2.75) is 18.9 Å². The van der Waals surface area contributed by atoms with Gasteiger partial charge in [0.2, 0.25) is 0 Å². The quantitative estimate of drug-likeness (QED) is 0.193. The summed E-state index contributed by atoms with van der Waals surface area (Å²) >= 11 is 10.0. The van der Waals surface area contributed by atoms with Gasteiger partial charge in [-0.25, -0.2) is 0 Å². The second-order valence-electron chi connectivity index (χ2n) is 3.23. The molecule has 0 rings (SSSR count). The van der Waals surface area contributed by atoms with Crippen LogP contribution in [0.25, 0.3) is 0 Å². The molecular formula is C9H19Cl3N4O3. The van der Waals surface area contributed by atoms with Gasteiger partial charge in [0, 0.05) is 6.54 Å². The van der Waals surface area contributed by atoms with Gasteiger partial charge in [-0.15, -0.1) is 35.6 Å². The fourth-order valence-electron chi connectivity index (χ4n) is 0.704. The van der Waals surface area contributed by atoms with Crippen LogP contribution in [0.2, 0.25) is 0 Å². The van der Waals surface area contributed by atoms with Crippen LogP contribution in [0.3, 0.4) is 0 Å². The van der Waals surface area contributed by atoms with Gasteiger partial charge < -0.3 is 21.9 Å². The van der Waals surface area contributed by atoms with E-state index in [4.69, 9.17) is 45.2 Å². The van der Waals surface area contributed by atoms with Gasteiger partial charge in [-0.05, 0) is 12.8 Å². The number of ketones is 1. The molecule has 10 heteroatoms. The zero-order valence-corrected chi connectivity index (χ0v) is 12.5. The van der Waals surface area contributed by atoms with E-state index in [-0.39, 0.29) is 35.9 Å². The summed E-state index contributed by atoms with van der Waals surface area (Å²) in [4.78, 5) is 20.1. The van der Waals surface area contributed by atoms with Crippen molar-refractivity contribution in [1.82, 2.24) is 5.32 Å². The second kappa shape index (κ2) is 15.3. The van der Waals surface area contributed by atoms with Crippen LogP contribution in [-0.4, -0.2) is 47.2 Å². The minimum Gasteiger partial charge on any atom is -0.480 e. The maximum absolute atomic E-state index is 10.2. The number of carbonyl (C=O) groups excluding carboxylic acids is 1. The first-order chi connectivity index (χ1) is 8.34. The van der Waals surface area contributed by atoms with Crippen LogP contribution in [0.5, 0.6) is 0 Å². The van der Waals surface area contributed by atoms with Gasteiger partial charge in [-0.3, -0.25) is 15.0 Å². The van der Waals surface area contributed by atoms with Crippen molar-refractivity contribution in [1.29, 1.82) is 5.41 Å². The third kappa shape index (κ3) is 19.7. The average Bonchev–Trinajstić information content (AvgIpc) is 2.33. The molecule has 19 heavy (non-hydrogen) atoms. The molecule has 0 aromatic heterocycles. The maximum atomic E-state index is 10.2. The molecule has 0 aliphatic carbocycles. The van der Waals surface area contributed by atoms with Gasteiger partial charge in [-0.1, -0.05) is 0 Å². The molecule has 7 nitrogen and oxygen atoms in total. The van der Waals surface area contributed by atoms with Crippen molar-refractivity contribution in [3.8, 4) is 0 Å². The van der Waals surface area contributed by atoms with Crippen molar-refractivity contribution in [2.75, 3.05) is 18.3 Å². The molecule has 0 fully saturated rings. The molecule has 0 aromatic rings. The Hall–Kier alpha value is -0.760. The number of nitrogens with one attached hydrogen (secondary N) is 2. The molecule has 114 valence electrons. The fraction of sp³-hybridized carbons (Fsp3) is 0.667. The van der Waals surface area contributed by atoms with E-state index in [0.29, 0.717) is 19.4 Å². The molecule has 0 radical (unpaired) electrons. The van der Waals surface area contributed by atoms with Crippen LogP contribution in [0.1, 0.15) is 12.8 Å². The van der Waals surface area contributed by atoms with E-state index in [0.717, 1.165) is 0 Å². The molecular weight excluding hydrogens is 318 g/mol. The van der Waals surface area contributed by atoms with E-state index in [9.17, 15) is 9.59 Å². The smallest absolute Gasteiger partial charge is 0.320 e. The number of carboxylic acid groups (broad SMARTS) is 1. The Labute approximate surface area is 127 Å². The number of hydrogen-bond acceptors (Lipinski definition) is 4. The lowest BCUT2D eigenvalue weighted by molar-refractivity contribution is -0.138. The third-order valence-corrected chi connectivity index (χ3v) is 2.22. The highest BCUT2D eigenvalue weighted by Gasteiger charge is 2.09. The molecule has 0 aliphatic rings. The minimum absolute atomic E-state index is 0. The predicted octanol–water partition coefficient (Wildman–Crippen LogP) is 0.116. The van der Waals surface area contributed by atoms with Crippen molar-refractivity contribution in [3.05, 3.63) is 0 Å². The highest BCUT2D eigenvalue weighted by atomic mass is 35.5. The molecule has 0 aromatic carbocycles. The zero-order valence-electron chi connectivity index (χ0n) is 10.2. The lowest BCUT2D eigenvalue weighted by Crippen LogP contribution is -2.34. The van der Waals surface area contributed by atoms with Gasteiger partial charge >= 0.3 is 5.97 Å². The van der Waals surface area contributed by atoms with Crippen molar-refractivity contribution in [2.24, 2.45) is 11.5 Å². The molecule has 0 amide bonds. The van der Waals surface area contributed by atoms with Gasteiger partial charge in [0.15, 0.2) is 11.7 Å². The molecule has 0 spiro atoms. The number of hydrogen-bond donors (Lipinski definition) is 5. The highest BCUT2D eigenvalue weighted by molar-refractivity contribution is 6.35. The second-order valence-corrected chi connectivity index (χ2v) is 3.77. The Bertz CT molecular complexity index is 273. The number of aliphatic carboxylic acids is 1. The fourth-order valence-corrected chi connectivity index (χ4v) is 0.990. The topological polar surface area (TPSA) is 142 Å². The van der Waals surface area contributed by atoms with Gasteiger partial charge in [0.1, 0.15) is 6.04 Å². The summed E-state index contributed by atoms with van der Waals surface area (Å²) in [6.45, 7) is 0.482. The first kappa shape index (κ1) is 23.3. The first-order valence-electron chi connectivity index (χ1n) is 5.05. The molecule has 0 saturated heterocycles. The lowest BCUT2D eigenvalue weighted by Gasteiger charge is -2.06. The van der Waals surface area contributed by atoms with Crippen molar-refractivity contribution >= 4 is 53.3 Å². The van der Waals surface area contributed by atoms with Gasteiger partial charge in [0.05, 0.1) is 11.8 Å². The maximum Gasteiger partial charge on any atom is 0.320 e. The summed E-state index contributed by atoms with van der Waals surface area (Å²) in [6.07, 6.45) is 0.975. The van der Waals surface area contributed by atoms with E-state index in [1.165, 1.54) is 0 Å². The largest absolute Gasteiger partial charge is 0.480 e. The minimum atomic E-state index is -1.00. The van der Waals surface area contributed by atoms with Crippen LogP contribution in [0, 0.1) is 5.41 Å². The highest BCUT2D eigenvalue weighted by Crippen LogP contribution is 1.92. The number of Topliss-reactive ketones (excluding diaryl/α,β-unsaturated/α-hetero) is 1. The van der Waals surface area contributed by atoms with Crippen LogP contribution in [0.15, 0.2) is 0 Å². The molecule has 0 unspecified atom stereocenters. The monoisotopic (exact) mass is 336 g/mol. The summed E-state index contributed by atoms with van der Waals surface area (Å²) in [6, 6.07) is -0.821. The van der Waals surface area contributed by atoms with E-state index in [1.807, 2.05) is 0 Å². The van der Waals surface area contributed by atoms with Gasteiger partial charge in [0.25, 0.3) is 0 Å². The summed E-state index contributed by atoms with van der Waals surface area (Å²) in [5, 5.41) is 17.7. The Balaban J connectivity index is -0.000000313. The summed E-state index contributed by atoms with van der Waals surface area (Å²) < 4.78 is 0. The molecule has 0 heterocycles. The molecule has 0 aliphatic heterocycles. The molecule has 0 bridgehead atoms. The SMILES string of the molecule is Cl.N=C(N)NCCC[C@H](N)C(=O)O.O=C(CCl)CCl. The molecule has 1 atom stereocenters. The standard InChI is InChI=1S/C6H14N4O2.C3H4Cl2O.ClH/c7-4(5(11)12)2-1-3-10-6(8)9;4-1-3(6)2-5;/h4H,1-3,7H2,(H,11,12)(H4,8,9,10);1-2H2;1H/t4-;;/m0../s1. The number of carbonyl (C=O) groups is 2. The Kier molecular flexibility index (Phi) is 18.8. The number of halogens is 3. The third-order valence-electron chi connectivity index (χ3n) is 1.62. The summed E-state index contributed by atoms with van der Waals surface area (Å²) in [7, 11) is 0. The lowest BCUT2D eigenvalue weighted by atomic mass is 10.2. The van der Waals surface area contributed by atoms with Crippen LogP contribution in [0.4, 0.5) is 0 Å². The summed E-state index contributed by atoms with van der Waals surface area (Å²) in [5.74, 6) is -1.18. The Morgan fingerprint density at radius 2 is 1.79 bits per heavy atom. The summed E-state index contributed by atoms with van der Waals surface area (Å²) in [5.41, 5.74) is 10.2. The predicted molar refractivity (Wildman–Crippen MR) is 78.5 cm³/mol. The molecule has 7 N–H and O–H groups in total. The van der Waals surface area contributed by atoms with E-state index in [2.05, 4.69) is 5.32 Å². The van der Waals surface area contributed by atoms with Gasteiger partial charge in [-0.2, -0.15) is 0 Å². The first-order valence-corrected chi connectivity index (χ1v) is 6.12. The Morgan fingerprint density at radius 3 is 2.05 bits per heavy atom. The normalized spacial score (nSPS) is 10.3. The number of guanidine groups is 1. The van der Waals surface area contributed by atoms with Crippen LogP contribution in [-0.2, 0) is 9.59 Å². The zero-order chi connectivity index (χ0) is 14.6. The van der Waals surface area contributed by atoms with Crippen molar-refractivity contribution in [3.63, 3.8) is 0 Å². The number of alkyl halides is 2. The van der Waals surface area contributed by atoms with E-state index < -0.39 is 12.0 Å². The number of carboxylic acids is 1. The molecule has 0 saturated carbocycles.